The third-order valence-corrected chi connectivity index (χ3v) is 7.11. The van der Waals surface area contributed by atoms with Crippen LogP contribution in [-0.2, 0) is 4.74 Å². The Morgan fingerprint density at radius 1 is 1.06 bits per heavy atom. The van der Waals surface area contributed by atoms with Crippen LogP contribution in [0.25, 0.3) is 5.69 Å². The maximum atomic E-state index is 12.5. The minimum Gasteiger partial charge on any atom is -0.465 e. The number of aryl methyl sites for hydroxylation is 1. The SMILES string of the molecule is COC(=O)c1ccccc1-n1c(C)cc([C@H]2[C@H](c3ccccn3)NC(=S)N2c2ccc(Cl)cc2)c1C. The van der Waals surface area contributed by atoms with Crippen LogP contribution in [-0.4, -0.2) is 27.7 Å². The van der Waals surface area contributed by atoms with E-state index in [-0.39, 0.29) is 18.1 Å². The van der Waals surface area contributed by atoms with Gasteiger partial charge in [0.05, 0.1) is 36.1 Å². The van der Waals surface area contributed by atoms with Gasteiger partial charge < -0.3 is 19.5 Å². The molecule has 8 heteroatoms. The molecule has 1 saturated heterocycles. The van der Waals surface area contributed by atoms with Gasteiger partial charge in [0.2, 0.25) is 0 Å². The van der Waals surface area contributed by atoms with Crippen molar-refractivity contribution in [1.82, 2.24) is 14.9 Å². The number of methoxy groups -OCH3 is 1. The quantitative estimate of drug-likeness (QED) is 0.255. The van der Waals surface area contributed by atoms with Crippen molar-refractivity contribution < 1.29 is 9.53 Å². The lowest BCUT2D eigenvalue weighted by molar-refractivity contribution is 0.0600. The second-order valence-electron chi connectivity index (χ2n) is 8.64. The molecule has 2 aromatic heterocycles. The van der Waals surface area contributed by atoms with Crippen LogP contribution in [0.1, 0.15) is 45.1 Å². The molecule has 0 unspecified atom stereocenters. The second kappa shape index (κ2) is 9.76. The topological polar surface area (TPSA) is 59.4 Å². The van der Waals surface area contributed by atoms with Crippen molar-refractivity contribution in [2.24, 2.45) is 0 Å². The van der Waals surface area contributed by atoms with Crippen LogP contribution >= 0.6 is 23.8 Å². The van der Waals surface area contributed by atoms with E-state index in [1.807, 2.05) is 67.6 Å². The minimum atomic E-state index is -0.377. The Morgan fingerprint density at radius 2 is 1.78 bits per heavy atom. The van der Waals surface area contributed by atoms with Gasteiger partial charge in [-0.3, -0.25) is 4.98 Å². The predicted octanol–water partition coefficient (Wildman–Crippen LogP) is 6.11. The standard InChI is InChI=1S/C28H25ClN4O2S/c1-17-16-22(18(2)32(17)24-10-5-4-8-21(24)27(34)35-3)26-25(23-9-6-7-15-30-23)31-28(36)33(26)20-13-11-19(29)12-14-20/h4-16,25-26H,1-3H3,(H,31,36)/t25-,26-/m0/s1. The Morgan fingerprint density at radius 3 is 2.47 bits per heavy atom. The van der Waals surface area contributed by atoms with E-state index in [9.17, 15) is 4.79 Å². The number of nitrogens with one attached hydrogen (secondary N) is 1. The molecule has 1 fully saturated rings. The van der Waals surface area contributed by atoms with Gasteiger partial charge in [-0.15, -0.1) is 0 Å². The van der Waals surface area contributed by atoms with Crippen molar-refractivity contribution in [3.63, 3.8) is 0 Å². The lowest BCUT2D eigenvalue weighted by Gasteiger charge is -2.28. The number of pyridine rings is 1. The first-order valence-corrected chi connectivity index (χ1v) is 12.3. The van der Waals surface area contributed by atoms with Gasteiger partial charge in [0.1, 0.15) is 0 Å². The Bertz CT molecular complexity index is 1440. The van der Waals surface area contributed by atoms with Crippen LogP contribution in [0.3, 0.4) is 0 Å². The molecule has 0 radical (unpaired) electrons. The van der Waals surface area contributed by atoms with Gasteiger partial charge in [-0.05, 0) is 86.2 Å². The number of ether oxygens (including phenoxy) is 1. The van der Waals surface area contributed by atoms with Crippen molar-refractivity contribution in [2.75, 3.05) is 12.0 Å². The molecule has 3 heterocycles. The smallest absolute Gasteiger partial charge is 0.339 e. The molecule has 0 aliphatic carbocycles. The number of hydrogen-bond acceptors (Lipinski definition) is 4. The fourth-order valence-electron chi connectivity index (χ4n) is 4.96. The van der Waals surface area contributed by atoms with E-state index in [4.69, 9.17) is 28.6 Å². The molecule has 1 aliphatic rings. The summed E-state index contributed by atoms with van der Waals surface area (Å²) in [5.41, 5.74) is 6.16. The average Bonchev–Trinajstić information content (AvgIpc) is 3.39. The van der Waals surface area contributed by atoms with Crippen LogP contribution < -0.4 is 10.2 Å². The van der Waals surface area contributed by atoms with E-state index in [1.54, 1.807) is 12.3 Å². The largest absolute Gasteiger partial charge is 0.465 e. The van der Waals surface area contributed by atoms with Crippen LogP contribution in [0.15, 0.2) is 79.0 Å². The first-order chi connectivity index (χ1) is 17.4. The molecule has 0 spiro atoms. The highest BCUT2D eigenvalue weighted by Gasteiger charge is 2.42. The van der Waals surface area contributed by atoms with Gasteiger partial charge in [0.15, 0.2) is 5.11 Å². The molecule has 0 bridgehead atoms. The van der Waals surface area contributed by atoms with E-state index in [0.29, 0.717) is 15.7 Å². The summed E-state index contributed by atoms with van der Waals surface area (Å²) in [6, 6.07) is 22.8. The third-order valence-electron chi connectivity index (χ3n) is 6.54. The number of aromatic nitrogens is 2. The van der Waals surface area contributed by atoms with Gasteiger partial charge in [-0.2, -0.15) is 0 Å². The number of anilines is 1. The molecular weight excluding hydrogens is 492 g/mol. The zero-order valence-electron chi connectivity index (χ0n) is 20.1. The predicted molar refractivity (Wildman–Crippen MR) is 146 cm³/mol. The van der Waals surface area contributed by atoms with Gasteiger partial charge in [0.25, 0.3) is 0 Å². The first-order valence-electron chi connectivity index (χ1n) is 11.5. The highest BCUT2D eigenvalue weighted by atomic mass is 35.5. The number of esters is 1. The first kappa shape index (κ1) is 24.0. The summed E-state index contributed by atoms with van der Waals surface area (Å²) in [4.78, 5) is 19.3. The van der Waals surface area contributed by atoms with Crippen molar-refractivity contribution in [1.29, 1.82) is 0 Å². The molecule has 6 nitrogen and oxygen atoms in total. The van der Waals surface area contributed by atoms with Gasteiger partial charge in [-0.25, -0.2) is 4.79 Å². The van der Waals surface area contributed by atoms with Crippen LogP contribution in [0.4, 0.5) is 5.69 Å². The molecule has 182 valence electrons. The maximum Gasteiger partial charge on any atom is 0.339 e. The number of halogens is 1. The molecule has 0 saturated carbocycles. The number of nitrogens with zero attached hydrogens (tertiary/aromatic N) is 3. The summed E-state index contributed by atoms with van der Waals surface area (Å²) in [7, 11) is 1.40. The summed E-state index contributed by atoms with van der Waals surface area (Å²) in [5.74, 6) is -0.377. The Hall–Kier alpha value is -3.68. The lowest BCUT2D eigenvalue weighted by atomic mass is 9.96. The van der Waals surface area contributed by atoms with Crippen molar-refractivity contribution >= 4 is 40.6 Å². The summed E-state index contributed by atoms with van der Waals surface area (Å²) < 4.78 is 7.15. The van der Waals surface area contributed by atoms with Crippen molar-refractivity contribution in [3.05, 3.63) is 112 Å². The normalized spacial score (nSPS) is 17.2. The molecule has 1 N–H and O–H groups in total. The highest BCUT2D eigenvalue weighted by molar-refractivity contribution is 7.80. The maximum absolute atomic E-state index is 12.5. The van der Waals surface area contributed by atoms with Crippen LogP contribution in [0.2, 0.25) is 5.02 Å². The summed E-state index contributed by atoms with van der Waals surface area (Å²) in [5, 5.41) is 4.76. The number of thiocarbonyl (C=S) groups is 1. The van der Waals surface area contributed by atoms with Gasteiger partial charge in [-0.1, -0.05) is 29.8 Å². The van der Waals surface area contributed by atoms with E-state index in [1.165, 1.54) is 7.11 Å². The third kappa shape index (κ3) is 4.14. The summed E-state index contributed by atoms with van der Waals surface area (Å²) in [6.07, 6.45) is 1.79. The molecule has 2 atom stereocenters. The second-order valence-corrected chi connectivity index (χ2v) is 9.47. The van der Waals surface area contributed by atoms with Crippen LogP contribution in [0, 0.1) is 13.8 Å². The monoisotopic (exact) mass is 516 g/mol. The molecule has 36 heavy (non-hydrogen) atoms. The lowest BCUT2D eigenvalue weighted by Crippen LogP contribution is -2.29. The van der Waals surface area contributed by atoms with Gasteiger partial charge in [0, 0.05) is 28.3 Å². The molecule has 5 rings (SSSR count). The Labute approximate surface area is 220 Å². The summed E-state index contributed by atoms with van der Waals surface area (Å²) in [6.45, 7) is 4.10. The summed E-state index contributed by atoms with van der Waals surface area (Å²) >= 11 is 12.0. The molecular formula is C28H25ClN4O2S. The number of carbonyl (C=O) groups excluding carboxylic acids is 1. The van der Waals surface area contributed by atoms with E-state index in [0.717, 1.165) is 34.0 Å². The van der Waals surface area contributed by atoms with Crippen molar-refractivity contribution in [2.45, 2.75) is 25.9 Å². The zero-order chi connectivity index (χ0) is 25.4. The Kier molecular flexibility index (Phi) is 6.51. The zero-order valence-corrected chi connectivity index (χ0v) is 21.7. The average molecular weight is 517 g/mol. The molecule has 0 amide bonds. The number of rotatable bonds is 5. The molecule has 2 aromatic carbocycles. The van der Waals surface area contributed by atoms with E-state index >= 15 is 0 Å². The van der Waals surface area contributed by atoms with Crippen molar-refractivity contribution in [3.8, 4) is 5.69 Å². The fraction of sp³-hybridized carbons (Fsp3) is 0.179. The van der Waals surface area contributed by atoms with E-state index in [2.05, 4.69) is 32.8 Å². The number of benzene rings is 2. The molecule has 1 aliphatic heterocycles. The minimum absolute atomic E-state index is 0.181. The van der Waals surface area contributed by atoms with Crippen LogP contribution in [0.5, 0.6) is 0 Å². The highest BCUT2D eigenvalue weighted by Crippen LogP contribution is 2.44. The number of para-hydroxylation sites is 1. The number of hydrogen-bond donors (Lipinski definition) is 1. The van der Waals surface area contributed by atoms with Gasteiger partial charge >= 0.3 is 5.97 Å². The number of carbonyl (C=O) groups is 1. The molecule has 4 aromatic rings. The van der Waals surface area contributed by atoms with E-state index < -0.39 is 0 Å². The fourth-order valence-corrected chi connectivity index (χ4v) is 5.43. The Balaban J connectivity index is 1.69.